The maximum atomic E-state index is 5.94. The molecule has 0 aliphatic carbocycles. The molecule has 26 heavy (non-hydrogen) atoms. The monoisotopic (exact) mass is 462 g/mol. The van der Waals surface area contributed by atoms with Gasteiger partial charge in [-0.3, -0.25) is 0 Å². The van der Waals surface area contributed by atoms with Gasteiger partial charge in [0.25, 0.3) is 0 Å². The van der Waals surface area contributed by atoms with Crippen LogP contribution in [-0.4, -0.2) is 20.7 Å². The number of benzene rings is 1. The number of guanidine groups is 1. The van der Waals surface area contributed by atoms with E-state index in [1.54, 1.807) is 6.20 Å². The molecule has 7 heteroatoms. The first-order valence-corrected chi connectivity index (χ1v) is 8.13. The van der Waals surface area contributed by atoms with E-state index in [0.717, 1.165) is 28.5 Å². The highest BCUT2D eigenvalue weighted by atomic mass is 127. The van der Waals surface area contributed by atoms with Crippen LogP contribution >= 0.6 is 24.0 Å². The van der Waals surface area contributed by atoms with Crippen molar-refractivity contribution in [2.75, 3.05) is 5.32 Å². The van der Waals surface area contributed by atoms with Crippen LogP contribution in [0.15, 0.2) is 53.7 Å². The van der Waals surface area contributed by atoms with Crippen LogP contribution in [0.5, 0.6) is 0 Å². The van der Waals surface area contributed by atoms with Crippen molar-refractivity contribution in [3.05, 3.63) is 71.2 Å². The highest BCUT2D eigenvalue weighted by Gasteiger charge is 2.04. The van der Waals surface area contributed by atoms with Gasteiger partial charge in [-0.25, -0.2) is 14.7 Å². The summed E-state index contributed by atoms with van der Waals surface area (Å²) in [6.45, 7) is 6.49. The highest BCUT2D eigenvalue weighted by molar-refractivity contribution is 14.0. The van der Waals surface area contributed by atoms with Gasteiger partial charge in [-0.15, -0.1) is 24.0 Å². The first-order valence-electron chi connectivity index (χ1n) is 8.13. The Labute approximate surface area is 170 Å². The molecule has 3 aromatic rings. The number of nitrogens with zero attached hydrogens (tertiary/aromatic N) is 4. The minimum atomic E-state index is 0. The second-order valence-corrected chi connectivity index (χ2v) is 6.06. The minimum absolute atomic E-state index is 0. The van der Waals surface area contributed by atoms with Crippen molar-refractivity contribution in [2.24, 2.45) is 10.7 Å². The number of nitrogens with two attached hydrogens (primary N) is 1. The van der Waals surface area contributed by atoms with Crippen molar-refractivity contribution in [1.82, 2.24) is 14.8 Å². The molecule has 0 saturated heterocycles. The lowest BCUT2D eigenvalue weighted by atomic mass is 10.2. The third kappa shape index (κ3) is 5.04. The largest absolute Gasteiger partial charge is 0.370 e. The summed E-state index contributed by atoms with van der Waals surface area (Å²) in [5.41, 5.74) is 11.1. The molecule has 136 valence electrons. The van der Waals surface area contributed by atoms with Crippen LogP contribution in [0.1, 0.15) is 22.5 Å². The number of aryl methyl sites for hydroxylation is 3. The van der Waals surface area contributed by atoms with Crippen LogP contribution in [0, 0.1) is 20.8 Å². The van der Waals surface area contributed by atoms with Gasteiger partial charge >= 0.3 is 0 Å². The predicted octanol–water partition coefficient (Wildman–Crippen LogP) is 3.74. The fraction of sp³-hybridized carbons (Fsp3) is 0.211. The van der Waals surface area contributed by atoms with Crippen molar-refractivity contribution >= 4 is 35.6 Å². The van der Waals surface area contributed by atoms with E-state index < -0.39 is 0 Å². The number of pyridine rings is 1. The summed E-state index contributed by atoms with van der Waals surface area (Å²) in [6, 6.07) is 14.0. The molecule has 0 atom stereocenters. The smallest absolute Gasteiger partial charge is 0.193 e. The van der Waals surface area contributed by atoms with Crippen LogP contribution < -0.4 is 11.1 Å². The summed E-state index contributed by atoms with van der Waals surface area (Å²) < 4.78 is 1.83. The summed E-state index contributed by atoms with van der Waals surface area (Å²) >= 11 is 0. The summed E-state index contributed by atoms with van der Waals surface area (Å²) in [4.78, 5) is 8.82. The fourth-order valence-corrected chi connectivity index (χ4v) is 2.50. The molecule has 1 aromatic carbocycles. The number of halogens is 1. The van der Waals surface area contributed by atoms with Crippen molar-refractivity contribution < 1.29 is 0 Å². The number of aromatic nitrogens is 3. The van der Waals surface area contributed by atoms with E-state index in [1.807, 2.05) is 67.9 Å². The van der Waals surface area contributed by atoms with Crippen LogP contribution in [-0.2, 0) is 6.54 Å². The van der Waals surface area contributed by atoms with E-state index in [0.29, 0.717) is 12.5 Å². The Morgan fingerprint density at radius 1 is 1.12 bits per heavy atom. The molecule has 0 bridgehead atoms. The third-order valence-corrected chi connectivity index (χ3v) is 3.79. The number of hydrogen-bond acceptors (Lipinski definition) is 3. The van der Waals surface area contributed by atoms with E-state index in [1.165, 1.54) is 5.56 Å². The molecule has 3 N–H and O–H groups in total. The molecular weight excluding hydrogens is 439 g/mol. The SMILES string of the molecule is Cc1ccc(NC(N)=NCc2ccc(-n3nc(C)cc3C)nc2)cc1.I. The van der Waals surface area contributed by atoms with E-state index in [2.05, 4.69) is 20.4 Å². The Balaban J connectivity index is 0.00000243. The lowest BCUT2D eigenvalue weighted by Crippen LogP contribution is -2.22. The third-order valence-electron chi connectivity index (χ3n) is 3.79. The maximum Gasteiger partial charge on any atom is 0.193 e. The first-order chi connectivity index (χ1) is 12.0. The lowest BCUT2D eigenvalue weighted by molar-refractivity contribution is 0.803. The molecule has 0 aliphatic heterocycles. The van der Waals surface area contributed by atoms with E-state index in [4.69, 9.17) is 5.73 Å². The summed E-state index contributed by atoms with van der Waals surface area (Å²) in [6.07, 6.45) is 1.80. The minimum Gasteiger partial charge on any atom is -0.370 e. The summed E-state index contributed by atoms with van der Waals surface area (Å²) in [7, 11) is 0. The molecule has 0 unspecified atom stereocenters. The second kappa shape index (κ2) is 8.79. The zero-order valence-corrected chi connectivity index (χ0v) is 17.4. The molecule has 6 nitrogen and oxygen atoms in total. The number of rotatable bonds is 4. The van der Waals surface area contributed by atoms with Crippen LogP contribution in [0.25, 0.3) is 5.82 Å². The van der Waals surface area contributed by atoms with Gasteiger partial charge in [-0.1, -0.05) is 23.8 Å². The normalized spacial score (nSPS) is 11.1. The van der Waals surface area contributed by atoms with Gasteiger partial charge in [-0.2, -0.15) is 5.10 Å². The molecule has 2 heterocycles. The quantitative estimate of drug-likeness (QED) is 0.352. The van der Waals surface area contributed by atoms with Crippen molar-refractivity contribution in [3.8, 4) is 5.82 Å². The van der Waals surface area contributed by atoms with Crippen LogP contribution in [0.2, 0.25) is 0 Å². The molecule has 0 fully saturated rings. The standard InChI is InChI=1S/C19H22N6.HI/c1-13-4-7-17(8-5-13)23-19(20)22-12-16-6-9-18(21-11-16)25-15(3)10-14(2)24-25;/h4-11H,12H2,1-3H3,(H3,20,22,23);1H. The molecule has 0 saturated carbocycles. The lowest BCUT2D eigenvalue weighted by Gasteiger charge is -2.07. The molecule has 0 aliphatic rings. The number of nitrogens with one attached hydrogen (secondary N) is 1. The average Bonchev–Trinajstić information content (AvgIpc) is 2.94. The van der Waals surface area contributed by atoms with E-state index >= 15 is 0 Å². The average molecular weight is 462 g/mol. The van der Waals surface area contributed by atoms with Gasteiger partial charge in [0.15, 0.2) is 11.8 Å². The Bertz CT molecular complexity index is 881. The van der Waals surface area contributed by atoms with Crippen molar-refractivity contribution in [2.45, 2.75) is 27.3 Å². The summed E-state index contributed by atoms with van der Waals surface area (Å²) in [5, 5.41) is 7.51. The number of anilines is 1. The number of hydrogen-bond donors (Lipinski definition) is 2. The zero-order chi connectivity index (χ0) is 17.8. The number of aliphatic imine (C=N–C) groups is 1. The van der Waals surface area contributed by atoms with Gasteiger partial charge in [0.05, 0.1) is 12.2 Å². The Hall–Kier alpha value is -2.42. The Kier molecular flexibility index (Phi) is 6.73. The zero-order valence-electron chi connectivity index (χ0n) is 15.1. The molecule has 0 amide bonds. The van der Waals surface area contributed by atoms with Gasteiger partial charge in [-0.05, 0) is 50.6 Å². The Morgan fingerprint density at radius 2 is 1.85 bits per heavy atom. The molecule has 0 radical (unpaired) electrons. The molecule has 3 rings (SSSR count). The Morgan fingerprint density at radius 3 is 2.42 bits per heavy atom. The van der Waals surface area contributed by atoms with Gasteiger partial charge in [0, 0.05) is 17.6 Å². The van der Waals surface area contributed by atoms with Gasteiger partial charge < -0.3 is 11.1 Å². The van der Waals surface area contributed by atoms with E-state index in [-0.39, 0.29) is 24.0 Å². The second-order valence-electron chi connectivity index (χ2n) is 6.06. The summed E-state index contributed by atoms with van der Waals surface area (Å²) in [5.74, 6) is 1.18. The maximum absolute atomic E-state index is 5.94. The van der Waals surface area contributed by atoms with Gasteiger partial charge in [0.1, 0.15) is 0 Å². The van der Waals surface area contributed by atoms with Crippen LogP contribution in [0.4, 0.5) is 5.69 Å². The van der Waals surface area contributed by atoms with Crippen molar-refractivity contribution in [1.29, 1.82) is 0 Å². The highest BCUT2D eigenvalue weighted by Crippen LogP contribution is 2.11. The molecule has 2 aromatic heterocycles. The van der Waals surface area contributed by atoms with E-state index in [9.17, 15) is 0 Å². The fourth-order valence-electron chi connectivity index (χ4n) is 2.50. The topological polar surface area (TPSA) is 81.1 Å². The van der Waals surface area contributed by atoms with Crippen LogP contribution in [0.3, 0.4) is 0 Å². The first kappa shape index (κ1) is 19.9. The van der Waals surface area contributed by atoms with Crippen molar-refractivity contribution in [3.63, 3.8) is 0 Å². The molecule has 0 spiro atoms. The van der Waals surface area contributed by atoms with Gasteiger partial charge in [0.2, 0.25) is 0 Å². The predicted molar refractivity (Wildman–Crippen MR) is 116 cm³/mol. The molecular formula is C19H23IN6.